The predicted octanol–water partition coefficient (Wildman–Crippen LogP) is 1.86. The number of carbonyl (C=O) groups excluding carboxylic acids is 1. The zero-order valence-corrected chi connectivity index (χ0v) is 16.6. The summed E-state index contributed by atoms with van der Waals surface area (Å²) >= 11 is 0. The van der Waals surface area contributed by atoms with Crippen LogP contribution < -0.4 is 5.56 Å². The first-order chi connectivity index (χ1) is 14.0. The van der Waals surface area contributed by atoms with Gasteiger partial charge in [-0.15, -0.1) is 0 Å². The van der Waals surface area contributed by atoms with Crippen molar-refractivity contribution < 1.29 is 13.2 Å². The molecule has 1 aliphatic rings. The first kappa shape index (κ1) is 19.3. The van der Waals surface area contributed by atoms with Crippen LogP contribution in [0.25, 0.3) is 10.9 Å². The summed E-state index contributed by atoms with van der Waals surface area (Å²) in [6.07, 6.45) is 1.99. The largest absolute Gasteiger partial charge is 0.341 e. The fourth-order valence-electron chi connectivity index (χ4n) is 3.65. The zero-order valence-electron chi connectivity index (χ0n) is 15.8. The summed E-state index contributed by atoms with van der Waals surface area (Å²) in [5, 5.41) is -0.0865. The molecule has 8 heteroatoms. The molecule has 4 rings (SSSR count). The van der Waals surface area contributed by atoms with E-state index in [2.05, 4.69) is 4.98 Å². The third-order valence-electron chi connectivity index (χ3n) is 5.31. The first-order valence-corrected chi connectivity index (χ1v) is 11.0. The van der Waals surface area contributed by atoms with Crippen molar-refractivity contribution in [3.05, 3.63) is 71.3 Å². The van der Waals surface area contributed by atoms with Crippen molar-refractivity contribution in [3.63, 3.8) is 0 Å². The van der Waals surface area contributed by atoms with Crippen molar-refractivity contribution in [2.45, 2.75) is 29.5 Å². The molecule has 1 amide bonds. The Balaban J connectivity index is 1.42. The highest BCUT2D eigenvalue weighted by molar-refractivity contribution is 7.92. The normalized spacial score (nSPS) is 17.0. The molecule has 0 bridgehead atoms. The quantitative estimate of drug-likeness (QED) is 0.639. The van der Waals surface area contributed by atoms with Gasteiger partial charge in [-0.05, 0) is 30.7 Å². The average molecular weight is 411 g/mol. The molecule has 1 saturated heterocycles. The van der Waals surface area contributed by atoms with Crippen LogP contribution in [0.2, 0.25) is 0 Å². The molecule has 2 heterocycles. The minimum Gasteiger partial charge on any atom is -0.341 e. The number of aryl methyl sites for hydroxylation is 1. The van der Waals surface area contributed by atoms with Crippen LogP contribution >= 0.6 is 0 Å². The Labute approximate surface area is 168 Å². The van der Waals surface area contributed by atoms with Gasteiger partial charge in [-0.2, -0.15) is 0 Å². The van der Waals surface area contributed by atoms with E-state index in [4.69, 9.17) is 0 Å². The van der Waals surface area contributed by atoms with E-state index >= 15 is 0 Å². The summed E-state index contributed by atoms with van der Waals surface area (Å²) in [6, 6.07) is 15.4. The van der Waals surface area contributed by atoms with Crippen LogP contribution in [-0.2, 0) is 21.2 Å². The molecule has 7 nitrogen and oxygen atoms in total. The van der Waals surface area contributed by atoms with Gasteiger partial charge in [0.2, 0.25) is 5.91 Å². The van der Waals surface area contributed by atoms with Crippen LogP contribution in [0.4, 0.5) is 0 Å². The number of fused-ring (bicyclic) bond motifs is 1. The second kappa shape index (κ2) is 7.79. The van der Waals surface area contributed by atoms with Crippen molar-refractivity contribution in [1.82, 2.24) is 14.5 Å². The van der Waals surface area contributed by atoms with Gasteiger partial charge >= 0.3 is 0 Å². The van der Waals surface area contributed by atoms with E-state index in [1.54, 1.807) is 53.4 Å². The number of hydrogen-bond acceptors (Lipinski definition) is 5. The maximum Gasteiger partial charge on any atom is 0.261 e. The van der Waals surface area contributed by atoms with Gasteiger partial charge in [0.15, 0.2) is 9.84 Å². The summed E-state index contributed by atoms with van der Waals surface area (Å²) in [4.78, 5) is 31.2. The highest BCUT2D eigenvalue weighted by Crippen LogP contribution is 2.24. The van der Waals surface area contributed by atoms with Crippen LogP contribution in [0.15, 0.2) is 70.6 Å². The summed E-state index contributed by atoms with van der Waals surface area (Å²) in [5.74, 6) is -0.157. The molecule has 150 valence electrons. The maximum atomic E-state index is 12.8. The Bertz CT molecular complexity index is 1210. The van der Waals surface area contributed by atoms with Crippen LogP contribution in [0.3, 0.4) is 0 Å². The lowest BCUT2D eigenvalue weighted by molar-refractivity contribution is -0.130. The SMILES string of the molecule is O=C(CCn1cnc2ccccc2c1=O)N1CCC(S(=O)(=O)c2ccccc2)C1. The Hall–Kier alpha value is -3.00. The highest BCUT2D eigenvalue weighted by Gasteiger charge is 2.35. The van der Waals surface area contributed by atoms with E-state index in [0.717, 1.165) is 0 Å². The maximum absolute atomic E-state index is 12.8. The van der Waals surface area contributed by atoms with Gasteiger partial charge < -0.3 is 4.90 Å². The molecule has 2 aromatic carbocycles. The fourth-order valence-corrected chi connectivity index (χ4v) is 5.36. The van der Waals surface area contributed by atoms with Crippen LogP contribution in [0.5, 0.6) is 0 Å². The number of rotatable bonds is 5. The van der Waals surface area contributed by atoms with Crippen molar-refractivity contribution in [2.75, 3.05) is 13.1 Å². The molecular weight excluding hydrogens is 390 g/mol. The van der Waals surface area contributed by atoms with E-state index in [1.165, 1.54) is 10.9 Å². The minimum atomic E-state index is -3.46. The predicted molar refractivity (Wildman–Crippen MR) is 109 cm³/mol. The second-order valence-corrected chi connectivity index (χ2v) is 9.35. The number of carbonyl (C=O) groups is 1. The van der Waals surface area contributed by atoms with Crippen LogP contribution in [-0.4, -0.2) is 47.1 Å². The topological polar surface area (TPSA) is 89.3 Å². The Morgan fingerprint density at radius 1 is 1.07 bits per heavy atom. The van der Waals surface area contributed by atoms with E-state index in [0.29, 0.717) is 23.9 Å². The molecule has 1 unspecified atom stereocenters. The Kier molecular flexibility index (Phi) is 5.19. The molecule has 1 atom stereocenters. The molecule has 1 fully saturated rings. The van der Waals surface area contributed by atoms with Gasteiger partial charge in [0, 0.05) is 26.1 Å². The monoisotopic (exact) mass is 411 g/mol. The van der Waals surface area contributed by atoms with E-state index in [1.807, 2.05) is 6.07 Å². The first-order valence-electron chi connectivity index (χ1n) is 9.48. The smallest absolute Gasteiger partial charge is 0.261 e. The number of amides is 1. The molecule has 0 saturated carbocycles. The van der Waals surface area contributed by atoms with Gasteiger partial charge in [0.05, 0.1) is 27.4 Å². The molecule has 29 heavy (non-hydrogen) atoms. The number of nitrogens with zero attached hydrogens (tertiary/aromatic N) is 3. The van der Waals surface area contributed by atoms with Crippen molar-refractivity contribution in [2.24, 2.45) is 0 Å². The molecule has 0 radical (unpaired) electrons. The van der Waals surface area contributed by atoms with Crippen LogP contribution in [0.1, 0.15) is 12.8 Å². The highest BCUT2D eigenvalue weighted by atomic mass is 32.2. The van der Waals surface area contributed by atoms with Gasteiger partial charge in [-0.3, -0.25) is 14.2 Å². The van der Waals surface area contributed by atoms with Gasteiger partial charge in [-0.25, -0.2) is 13.4 Å². The Morgan fingerprint density at radius 2 is 1.79 bits per heavy atom. The van der Waals surface area contributed by atoms with Gasteiger partial charge in [-0.1, -0.05) is 30.3 Å². The molecule has 1 aliphatic heterocycles. The molecule has 0 N–H and O–H groups in total. The number of aromatic nitrogens is 2. The molecule has 3 aromatic rings. The lowest BCUT2D eigenvalue weighted by atomic mass is 10.2. The van der Waals surface area contributed by atoms with E-state index in [9.17, 15) is 18.0 Å². The van der Waals surface area contributed by atoms with Gasteiger partial charge in [0.25, 0.3) is 5.56 Å². The summed E-state index contributed by atoms with van der Waals surface area (Å²) in [7, 11) is -3.46. The summed E-state index contributed by atoms with van der Waals surface area (Å²) < 4.78 is 26.9. The standard InChI is InChI=1S/C21H21N3O4S/c25-20(11-13-24-15-22-19-9-5-4-8-18(19)21(24)26)23-12-10-17(14-23)29(27,28)16-6-2-1-3-7-16/h1-9,15,17H,10-14H2. The van der Waals surface area contributed by atoms with Crippen molar-refractivity contribution in [1.29, 1.82) is 0 Å². The fraction of sp³-hybridized carbons (Fsp3) is 0.286. The third-order valence-corrected chi connectivity index (χ3v) is 7.50. The second-order valence-electron chi connectivity index (χ2n) is 7.12. The zero-order chi connectivity index (χ0) is 20.4. The van der Waals surface area contributed by atoms with Crippen molar-refractivity contribution in [3.8, 4) is 0 Å². The number of sulfone groups is 1. The lowest BCUT2D eigenvalue weighted by Crippen LogP contribution is -2.33. The van der Waals surface area contributed by atoms with Crippen molar-refractivity contribution >= 4 is 26.6 Å². The number of hydrogen-bond donors (Lipinski definition) is 0. The molecule has 0 aliphatic carbocycles. The average Bonchev–Trinajstić information content (AvgIpc) is 3.25. The molecule has 0 spiro atoms. The minimum absolute atomic E-state index is 0.123. The summed E-state index contributed by atoms with van der Waals surface area (Å²) in [5.41, 5.74) is 0.433. The third kappa shape index (κ3) is 3.80. The van der Waals surface area contributed by atoms with E-state index < -0.39 is 15.1 Å². The number of para-hydroxylation sites is 1. The molecule has 1 aromatic heterocycles. The van der Waals surface area contributed by atoms with Crippen LogP contribution in [0, 0.1) is 0 Å². The number of likely N-dealkylation sites (tertiary alicyclic amines) is 1. The Morgan fingerprint density at radius 3 is 2.59 bits per heavy atom. The van der Waals surface area contributed by atoms with Gasteiger partial charge in [0.1, 0.15) is 0 Å². The molecular formula is C21H21N3O4S. The summed E-state index contributed by atoms with van der Waals surface area (Å²) in [6.45, 7) is 0.795. The van der Waals surface area contributed by atoms with E-state index in [-0.39, 0.29) is 35.9 Å². The number of benzene rings is 2. The lowest BCUT2D eigenvalue weighted by Gasteiger charge is -2.17.